The number of aryl methyl sites for hydroxylation is 2. The van der Waals surface area contributed by atoms with Crippen LogP contribution in [0, 0.1) is 13.8 Å². The Morgan fingerprint density at radius 1 is 1.39 bits per heavy atom. The molecule has 0 bridgehead atoms. The third-order valence-electron chi connectivity index (χ3n) is 3.09. The minimum absolute atomic E-state index is 0.237. The van der Waals surface area contributed by atoms with Crippen LogP contribution in [0.5, 0.6) is 0 Å². The Hall–Kier alpha value is -1.42. The zero-order valence-corrected chi connectivity index (χ0v) is 12.2. The van der Waals surface area contributed by atoms with E-state index in [4.69, 9.17) is 4.74 Å². The van der Waals surface area contributed by atoms with E-state index in [1.807, 2.05) is 32.0 Å². The van der Waals surface area contributed by atoms with E-state index < -0.39 is 0 Å². The van der Waals surface area contributed by atoms with Crippen molar-refractivity contribution in [2.75, 3.05) is 7.11 Å². The zero-order chi connectivity index (χ0) is 13.3. The number of halogens is 1. The molecule has 0 atom stereocenters. The van der Waals surface area contributed by atoms with Crippen LogP contribution >= 0.6 is 15.9 Å². The Morgan fingerprint density at radius 3 is 2.78 bits per heavy atom. The van der Waals surface area contributed by atoms with Gasteiger partial charge in [-0.25, -0.2) is 0 Å². The fraction of sp³-hybridized carbons (Fsp3) is 0.286. The number of carbonyl (C=O) groups excluding carboxylic acids is 1. The molecule has 0 aliphatic heterocycles. The molecule has 4 heteroatoms. The first-order valence-electron chi connectivity index (χ1n) is 5.65. The molecular weight excluding hydrogens is 294 g/mol. The minimum Gasteiger partial charge on any atom is -0.469 e. The van der Waals surface area contributed by atoms with Crippen molar-refractivity contribution in [3.05, 3.63) is 39.5 Å². The Morgan fingerprint density at radius 2 is 2.11 bits per heavy atom. The molecule has 0 radical (unpaired) electrons. The molecule has 0 saturated carbocycles. The molecule has 0 spiro atoms. The standard InChI is InChI=1S/C14H14BrNO2/c1-8-11-5-4-10(15)6-13(11)16-9(2)12(8)7-14(17)18-3/h4-6H,7H2,1-3H3. The maximum absolute atomic E-state index is 11.4. The van der Waals surface area contributed by atoms with Crippen LogP contribution in [0.3, 0.4) is 0 Å². The molecule has 1 aromatic heterocycles. The van der Waals surface area contributed by atoms with E-state index in [-0.39, 0.29) is 12.4 Å². The van der Waals surface area contributed by atoms with Gasteiger partial charge >= 0.3 is 5.97 Å². The molecule has 2 aromatic rings. The number of ether oxygens (including phenoxy) is 1. The highest BCUT2D eigenvalue weighted by molar-refractivity contribution is 9.10. The fourth-order valence-corrected chi connectivity index (χ4v) is 2.42. The Kier molecular flexibility index (Phi) is 3.66. The summed E-state index contributed by atoms with van der Waals surface area (Å²) in [6.07, 6.45) is 0.271. The smallest absolute Gasteiger partial charge is 0.310 e. The number of nitrogens with zero attached hydrogens (tertiary/aromatic N) is 1. The Bertz CT molecular complexity index is 623. The van der Waals surface area contributed by atoms with Gasteiger partial charge in [0.15, 0.2) is 0 Å². The van der Waals surface area contributed by atoms with Gasteiger partial charge in [-0.15, -0.1) is 0 Å². The first-order valence-corrected chi connectivity index (χ1v) is 6.44. The summed E-state index contributed by atoms with van der Waals surface area (Å²) in [7, 11) is 1.40. The van der Waals surface area contributed by atoms with Crippen molar-refractivity contribution in [3.8, 4) is 0 Å². The van der Waals surface area contributed by atoms with Crippen LogP contribution in [0.1, 0.15) is 16.8 Å². The number of hydrogen-bond acceptors (Lipinski definition) is 3. The summed E-state index contributed by atoms with van der Waals surface area (Å²) < 4.78 is 5.72. The third-order valence-corrected chi connectivity index (χ3v) is 3.58. The molecule has 0 unspecified atom stereocenters. The minimum atomic E-state index is -0.237. The number of carbonyl (C=O) groups is 1. The molecule has 0 aliphatic rings. The van der Waals surface area contributed by atoms with Gasteiger partial charge in [0.25, 0.3) is 0 Å². The van der Waals surface area contributed by atoms with Gasteiger partial charge in [0.05, 0.1) is 19.0 Å². The van der Waals surface area contributed by atoms with Gasteiger partial charge in [-0.1, -0.05) is 22.0 Å². The Balaban J connectivity index is 2.61. The van der Waals surface area contributed by atoms with Crippen LogP contribution < -0.4 is 0 Å². The summed E-state index contributed by atoms with van der Waals surface area (Å²) in [6, 6.07) is 5.98. The van der Waals surface area contributed by atoms with Crippen molar-refractivity contribution in [1.29, 1.82) is 0 Å². The predicted octanol–water partition coefficient (Wildman–Crippen LogP) is 3.33. The molecule has 18 heavy (non-hydrogen) atoms. The van der Waals surface area contributed by atoms with E-state index in [0.29, 0.717) is 0 Å². The lowest BCUT2D eigenvalue weighted by Gasteiger charge is -2.11. The van der Waals surface area contributed by atoms with Gasteiger partial charge in [-0.05, 0) is 37.1 Å². The van der Waals surface area contributed by atoms with Crippen LogP contribution in [0.4, 0.5) is 0 Å². The van der Waals surface area contributed by atoms with Crippen molar-refractivity contribution < 1.29 is 9.53 Å². The highest BCUT2D eigenvalue weighted by Crippen LogP contribution is 2.25. The number of rotatable bonds is 2. The van der Waals surface area contributed by atoms with Gasteiger partial charge in [0.1, 0.15) is 0 Å². The highest BCUT2D eigenvalue weighted by atomic mass is 79.9. The summed E-state index contributed by atoms with van der Waals surface area (Å²) in [5.41, 5.74) is 3.86. The molecule has 0 N–H and O–H groups in total. The molecule has 0 saturated heterocycles. The maximum atomic E-state index is 11.4. The van der Waals surface area contributed by atoms with Crippen LogP contribution in [-0.2, 0) is 16.0 Å². The van der Waals surface area contributed by atoms with Crippen LogP contribution in [0.25, 0.3) is 10.9 Å². The van der Waals surface area contributed by atoms with Crippen molar-refractivity contribution in [3.63, 3.8) is 0 Å². The number of methoxy groups -OCH3 is 1. The number of aromatic nitrogens is 1. The molecule has 1 aromatic carbocycles. The van der Waals surface area contributed by atoms with Gasteiger partial charge in [-0.2, -0.15) is 0 Å². The second kappa shape index (κ2) is 5.06. The average molecular weight is 308 g/mol. The lowest BCUT2D eigenvalue weighted by Crippen LogP contribution is -2.09. The average Bonchev–Trinajstić information content (AvgIpc) is 2.33. The number of hydrogen-bond donors (Lipinski definition) is 0. The number of pyridine rings is 1. The van der Waals surface area contributed by atoms with Crippen LogP contribution in [0.15, 0.2) is 22.7 Å². The molecular formula is C14H14BrNO2. The summed E-state index contributed by atoms with van der Waals surface area (Å²) in [4.78, 5) is 16.0. The highest BCUT2D eigenvalue weighted by Gasteiger charge is 2.13. The normalized spacial score (nSPS) is 10.7. The fourth-order valence-electron chi connectivity index (χ4n) is 2.07. The van der Waals surface area contributed by atoms with Crippen molar-refractivity contribution in [2.45, 2.75) is 20.3 Å². The number of esters is 1. The Labute approximate surface area is 114 Å². The van der Waals surface area contributed by atoms with E-state index in [1.165, 1.54) is 7.11 Å². The van der Waals surface area contributed by atoms with E-state index >= 15 is 0 Å². The SMILES string of the molecule is COC(=O)Cc1c(C)nc2cc(Br)ccc2c1C. The van der Waals surface area contributed by atoms with Gasteiger partial charge in [0.2, 0.25) is 0 Å². The zero-order valence-electron chi connectivity index (χ0n) is 10.6. The van der Waals surface area contributed by atoms with Crippen molar-refractivity contribution in [2.24, 2.45) is 0 Å². The largest absolute Gasteiger partial charge is 0.469 e. The second-order valence-corrected chi connectivity index (χ2v) is 5.13. The van der Waals surface area contributed by atoms with Crippen LogP contribution in [0.2, 0.25) is 0 Å². The molecule has 0 aliphatic carbocycles. The molecule has 2 rings (SSSR count). The summed E-state index contributed by atoms with van der Waals surface area (Å²) in [5.74, 6) is -0.237. The first-order chi connectivity index (χ1) is 8.52. The lowest BCUT2D eigenvalue weighted by atomic mass is 10.00. The molecule has 94 valence electrons. The first kappa shape index (κ1) is 13.0. The maximum Gasteiger partial charge on any atom is 0.310 e. The van der Waals surface area contributed by atoms with E-state index in [0.717, 1.165) is 32.2 Å². The van der Waals surface area contributed by atoms with Crippen molar-refractivity contribution in [1.82, 2.24) is 4.98 Å². The molecule has 0 amide bonds. The topological polar surface area (TPSA) is 39.2 Å². The van der Waals surface area contributed by atoms with Gasteiger partial charge in [0, 0.05) is 15.6 Å². The van der Waals surface area contributed by atoms with E-state index in [1.54, 1.807) is 0 Å². The predicted molar refractivity (Wildman–Crippen MR) is 74.6 cm³/mol. The quantitative estimate of drug-likeness (QED) is 0.799. The van der Waals surface area contributed by atoms with E-state index in [2.05, 4.69) is 20.9 Å². The van der Waals surface area contributed by atoms with Gasteiger partial charge < -0.3 is 4.74 Å². The second-order valence-electron chi connectivity index (χ2n) is 4.22. The lowest BCUT2D eigenvalue weighted by molar-refractivity contribution is -0.139. The third kappa shape index (κ3) is 2.38. The van der Waals surface area contributed by atoms with E-state index in [9.17, 15) is 4.79 Å². The van der Waals surface area contributed by atoms with Gasteiger partial charge in [-0.3, -0.25) is 9.78 Å². The monoisotopic (exact) mass is 307 g/mol. The molecule has 0 fully saturated rings. The molecule has 1 heterocycles. The van der Waals surface area contributed by atoms with Crippen LogP contribution in [-0.4, -0.2) is 18.1 Å². The summed E-state index contributed by atoms with van der Waals surface area (Å²) in [6.45, 7) is 3.94. The summed E-state index contributed by atoms with van der Waals surface area (Å²) >= 11 is 3.44. The molecule has 3 nitrogen and oxygen atoms in total. The summed E-state index contributed by atoms with van der Waals surface area (Å²) in [5, 5.41) is 1.07. The number of benzene rings is 1. The van der Waals surface area contributed by atoms with Crippen molar-refractivity contribution >= 4 is 32.8 Å². The number of fused-ring (bicyclic) bond motifs is 1.